The summed E-state index contributed by atoms with van der Waals surface area (Å²) in [7, 11) is 1.82. The summed E-state index contributed by atoms with van der Waals surface area (Å²) >= 11 is 0. The van der Waals surface area contributed by atoms with Crippen LogP contribution in [0.1, 0.15) is 21.5 Å². The molecule has 1 amide bonds. The van der Waals surface area contributed by atoms with Gasteiger partial charge in [0, 0.05) is 12.4 Å². The fourth-order valence-corrected chi connectivity index (χ4v) is 3.13. The molecular weight excluding hydrogens is 334 g/mol. The molecule has 0 saturated carbocycles. The van der Waals surface area contributed by atoms with Crippen LogP contribution >= 0.6 is 0 Å². The Kier molecular flexibility index (Phi) is 4.16. The van der Waals surface area contributed by atoms with E-state index in [1.54, 1.807) is 17.1 Å². The average Bonchev–Trinajstić information content (AvgIpc) is 3.30. The van der Waals surface area contributed by atoms with Crippen LogP contribution in [0, 0.1) is 13.8 Å². The van der Waals surface area contributed by atoms with E-state index in [1.165, 1.54) is 6.26 Å². The minimum Gasteiger partial charge on any atom is -0.482 e. The van der Waals surface area contributed by atoms with E-state index in [0.717, 1.165) is 16.5 Å². The van der Waals surface area contributed by atoms with Crippen LogP contribution in [0.25, 0.3) is 11.0 Å². The lowest BCUT2D eigenvalue weighted by atomic mass is 10.0. The zero-order chi connectivity index (χ0) is 18.3. The first-order chi connectivity index (χ1) is 12.5. The van der Waals surface area contributed by atoms with E-state index >= 15 is 0 Å². The van der Waals surface area contributed by atoms with Crippen molar-refractivity contribution >= 4 is 16.9 Å². The molecule has 1 aromatic carbocycles. The van der Waals surface area contributed by atoms with Crippen molar-refractivity contribution < 1.29 is 18.7 Å². The van der Waals surface area contributed by atoms with Gasteiger partial charge in [0.2, 0.25) is 0 Å². The van der Waals surface area contributed by atoms with Crippen molar-refractivity contribution in [2.24, 2.45) is 7.05 Å². The monoisotopic (exact) mass is 355 g/mol. The first-order valence-electron chi connectivity index (χ1n) is 8.53. The van der Waals surface area contributed by atoms with Crippen molar-refractivity contribution in [1.29, 1.82) is 0 Å². The fourth-order valence-electron chi connectivity index (χ4n) is 3.13. The van der Waals surface area contributed by atoms with Gasteiger partial charge in [0.05, 0.1) is 37.2 Å². The molecule has 7 heteroatoms. The summed E-state index contributed by atoms with van der Waals surface area (Å²) in [5, 5.41) is 7.91. The normalized spacial score (nSPS) is 19.8. The number of hydrogen-bond acceptors (Lipinski definition) is 5. The Balaban J connectivity index is 1.51. The molecule has 7 nitrogen and oxygen atoms in total. The molecular formula is C19H21N3O4. The topological polar surface area (TPSA) is 78.5 Å². The maximum absolute atomic E-state index is 12.8. The fraction of sp³-hybridized carbons (Fsp3) is 0.368. The molecule has 2 aromatic heterocycles. The van der Waals surface area contributed by atoms with Crippen LogP contribution in [0.3, 0.4) is 0 Å². The van der Waals surface area contributed by atoms with Crippen LogP contribution in [0.5, 0.6) is 5.75 Å². The van der Waals surface area contributed by atoms with Gasteiger partial charge in [-0.1, -0.05) is 0 Å². The predicted octanol–water partition coefficient (Wildman–Crippen LogP) is 2.36. The lowest BCUT2D eigenvalue weighted by Gasteiger charge is -2.19. The number of aromatic nitrogens is 2. The Bertz CT molecular complexity index is 959. The first-order valence-corrected chi connectivity index (χ1v) is 8.53. The molecule has 1 N–H and O–H groups in total. The Morgan fingerprint density at radius 3 is 2.88 bits per heavy atom. The first kappa shape index (κ1) is 16.7. The second-order valence-corrected chi connectivity index (χ2v) is 6.71. The lowest BCUT2D eigenvalue weighted by Crippen LogP contribution is -2.45. The summed E-state index contributed by atoms with van der Waals surface area (Å²) in [6.45, 7) is 4.87. The lowest BCUT2D eigenvalue weighted by molar-refractivity contribution is 0.0905. The standard InChI is InChI=1S/C19H21N3O4/c1-11-4-14-15(8-25-17(14)5-12(11)2)19(23)21-16-9-24-10-18(16)26-13-6-20-22(3)7-13/h4-8,16,18H,9-10H2,1-3H3,(H,21,23)/t16-,18+/m0/s1. The molecule has 0 unspecified atom stereocenters. The van der Waals surface area contributed by atoms with E-state index in [1.807, 2.05) is 33.0 Å². The number of carbonyl (C=O) groups is 1. The van der Waals surface area contributed by atoms with Crippen LogP contribution in [0.15, 0.2) is 35.2 Å². The second-order valence-electron chi connectivity index (χ2n) is 6.71. The van der Waals surface area contributed by atoms with Crippen LogP contribution in [0.4, 0.5) is 0 Å². The molecule has 2 atom stereocenters. The number of furan rings is 1. The number of nitrogens with zero attached hydrogens (tertiary/aromatic N) is 2. The number of ether oxygens (including phenoxy) is 2. The number of fused-ring (bicyclic) bond motifs is 1. The van der Waals surface area contributed by atoms with Crippen LogP contribution in [-0.4, -0.2) is 41.0 Å². The highest BCUT2D eigenvalue weighted by Crippen LogP contribution is 2.25. The molecule has 1 aliphatic heterocycles. The largest absolute Gasteiger partial charge is 0.482 e. The van der Waals surface area contributed by atoms with Crippen molar-refractivity contribution in [2.75, 3.05) is 13.2 Å². The average molecular weight is 355 g/mol. The minimum absolute atomic E-state index is 0.192. The number of aryl methyl sites for hydroxylation is 3. The second kappa shape index (κ2) is 6.49. The van der Waals surface area contributed by atoms with Gasteiger partial charge < -0.3 is 19.2 Å². The van der Waals surface area contributed by atoms with Crippen LogP contribution in [0.2, 0.25) is 0 Å². The van der Waals surface area contributed by atoms with Gasteiger partial charge in [0.25, 0.3) is 5.91 Å². The van der Waals surface area contributed by atoms with Crippen molar-refractivity contribution in [2.45, 2.75) is 26.0 Å². The van der Waals surface area contributed by atoms with Gasteiger partial charge in [-0.2, -0.15) is 5.10 Å². The van der Waals surface area contributed by atoms with E-state index in [0.29, 0.717) is 30.1 Å². The third kappa shape index (κ3) is 3.06. The summed E-state index contributed by atoms with van der Waals surface area (Å²) in [5.74, 6) is 0.462. The third-order valence-corrected chi connectivity index (χ3v) is 4.75. The van der Waals surface area contributed by atoms with Gasteiger partial charge in [-0.15, -0.1) is 0 Å². The van der Waals surface area contributed by atoms with Gasteiger partial charge in [0.15, 0.2) is 5.75 Å². The van der Waals surface area contributed by atoms with Gasteiger partial charge in [-0.05, 0) is 37.1 Å². The SMILES string of the molecule is Cc1cc2occ(C(=O)N[C@H]3COC[C@H]3Oc3cnn(C)c3)c2cc1C. The summed E-state index contributed by atoms with van der Waals surface area (Å²) in [6, 6.07) is 3.70. The highest BCUT2D eigenvalue weighted by atomic mass is 16.5. The van der Waals surface area contributed by atoms with Gasteiger partial charge in [-0.25, -0.2) is 0 Å². The molecule has 3 heterocycles. The van der Waals surface area contributed by atoms with E-state index in [-0.39, 0.29) is 18.1 Å². The van der Waals surface area contributed by atoms with Crippen LogP contribution in [-0.2, 0) is 11.8 Å². The van der Waals surface area contributed by atoms with Gasteiger partial charge in [-0.3, -0.25) is 9.48 Å². The van der Waals surface area contributed by atoms with Crippen molar-refractivity contribution in [3.8, 4) is 5.75 Å². The third-order valence-electron chi connectivity index (χ3n) is 4.75. The van der Waals surface area contributed by atoms with Crippen molar-refractivity contribution in [3.63, 3.8) is 0 Å². The number of benzene rings is 1. The summed E-state index contributed by atoms with van der Waals surface area (Å²) < 4.78 is 18.6. The highest BCUT2D eigenvalue weighted by Gasteiger charge is 2.32. The number of rotatable bonds is 4. The van der Waals surface area contributed by atoms with Gasteiger partial charge in [0.1, 0.15) is 18.0 Å². The Morgan fingerprint density at radius 1 is 1.31 bits per heavy atom. The molecule has 1 fully saturated rings. The summed E-state index contributed by atoms with van der Waals surface area (Å²) in [6.07, 6.45) is 4.68. The van der Waals surface area contributed by atoms with E-state index in [4.69, 9.17) is 13.9 Å². The van der Waals surface area contributed by atoms with Gasteiger partial charge >= 0.3 is 0 Å². The molecule has 0 radical (unpaired) electrons. The Labute approximate surface area is 150 Å². The number of amides is 1. The van der Waals surface area contributed by atoms with Crippen molar-refractivity contribution in [1.82, 2.24) is 15.1 Å². The summed E-state index contributed by atoms with van der Waals surface area (Å²) in [5.41, 5.74) is 3.49. The van der Waals surface area contributed by atoms with E-state index < -0.39 is 0 Å². The van der Waals surface area contributed by atoms with Crippen molar-refractivity contribution in [3.05, 3.63) is 47.5 Å². The van der Waals surface area contributed by atoms with E-state index in [2.05, 4.69) is 10.4 Å². The molecule has 0 aliphatic carbocycles. The smallest absolute Gasteiger partial charge is 0.255 e. The Morgan fingerprint density at radius 2 is 2.12 bits per heavy atom. The summed E-state index contributed by atoms with van der Waals surface area (Å²) in [4.78, 5) is 12.8. The zero-order valence-corrected chi connectivity index (χ0v) is 15.0. The molecule has 0 spiro atoms. The molecule has 136 valence electrons. The number of carbonyl (C=O) groups excluding carboxylic acids is 1. The molecule has 26 heavy (non-hydrogen) atoms. The quantitative estimate of drug-likeness (QED) is 0.777. The predicted molar refractivity (Wildman–Crippen MR) is 95.4 cm³/mol. The maximum Gasteiger partial charge on any atom is 0.255 e. The molecule has 0 bridgehead atoms. The number of nitrogens with one attached hydrogen (secondary N) is 1. The zero-order valence-electron chi connectivity index (χ0n) is 15.0. The number of hydrogen-bond donors (Lipinski definition) is 1. The highest BCUT2D eigenvalue weighted by molar-refractivity contribution is 6.06. The molecule has 3 aromatic rings. The maximum atomic E-state index is 12.8. The molecule has 1 saturated heterocycles. The molecule has 4 rings (SSSR count). The Hall–Kier alpha value is -2.80. The molecule has 1 aliphatic rings. The van der Waals surface area contributed by atoms with Crippen LogP contribution < -0.4 is 10.1 Å². The minimum atomic E-state index is -0.259. The van der Waals surface area contributed by atoms with E-state index in [9.17, 15) is 4.79 Å².